The van der Waals surface area contributed by atoms with E-state index in [1.165, 1.54) is 10.9 Å². The first-order valence-corrected chi connectivity index (χ1v) is 8.91. The molecular weight excluding hydrogens is 308 g/mol. The molecule has 1 saturated heterocycles. The quantitative estimate of drug-likeness (QED) is 0.589. The van der Waals surface area contributed by atoms with Crippen LogP contribution in [0.5, 0.6) is 0 Å². The maximum absolute atomic E-state index is 4.61. The van der Waals surface area contributed by atoms with Crippen molar-refractivity contribution in [2.75, 3.05) is 18.0 Å². The molecule has 1 aliphatic rings. The van der Waals surface area contributed by atoms with Crippen molar-refractivity contribution in [3.63, 3.8) is 0 Å². The molecule has 25 heavy (non-hydrogen) atoms. The topological polar surface area (TPSA) is 44.8 Å². The Morgan fingerprint density at radius 3 is 2.48 bits per heavy atom. The normalized spacial score (nSPS) is 15.9. The number of fused-ring (bicyclic) bond motifs is 3. The molecule has 4 heteroatoms. The molecule has 0 atom stereocenters. The lowest BCUT2D eigenvalue weighted by Gasteiger charge is -2.33. The van der Waals surface area contributed by atoms with Crippen molar-refractivity contribution in [1.82, 2.24) is 15.0 Å². The Bertz CT molecular complexity index is 1010. The third kappa shape index (κ3) is 2.45. The van der Waals surface area contributed by atoms with E-state index in [0.717, 1.165) is 48.3 Å². The summed E-state index contributed by atoms with van der Waals surface area (Å²) in [6, 6.07) is 19.2. The lowest BCUT2D eigenvalue weighted by Crippen LogP contribution is -2.33. The van der Waals surface area contributed by atoms with E-state index >= 15 is 0 Å². The van der Waals surface area contributed by atoms with E-state index in [1.807, 2.05) is 0 Å². The van der Waals surface area contributed by atoms with Gasteiger partial charge in [0.05, 0.1) is 0 Å². The van der Waals surface area contributed by atoms with Crippen LogP contribution in [0.15, 0.2) is 60.9 Å². The average molecular weight is 328 g/mol. The van der Waals surface area contributed by atoms with Gasteiger partial charge in [0.25, 0.3) is 0 Å². The number of nitrogens with one attached hydrogen (secondary N) is 1. The van der Waals surface area contributed by atoms with Crippen molar-refractivity contribution in [1.29, 1.82) is 0 Å². The first-order valence-electron chi connectivity index (χ1n) is 8.91. The third-order valence-corrected chi connectivity index (χ3v) is 5.33. The molecule has 0 aliphatic carbocycles. The molecule has 0 unspecified atom stereocenters. The average Bonchev–Trinajstić information content (AvgIpc) is 3.08. The van der Waals surface area contributed by atoms with Crippen molar-refractivity contribution in [3.8, 4) is 0 Å². The predicted molar refractivity (Wildman–Crippen MR) is 102 cm³/mol. The Balaban J connectivity index is 1.46. The molecule has 0 radical (unpaired) electrons. The van der Waals surface area contributed by atoms with Gasteiger partial charge in [-0.25, -0.2) is 9.97 Å². The van der Waals surface area contributed by atoms with Crippen LogP contribution in [0.1, 0.15) is 24.3 Å². The number of hydrogen-bond acceptors (Lipinski definition) is 3. The van der Waals surface area contributed by atoms with Gasteiger partial charge in [0.1, 0.15) is 17.4 Å². The van der Waals surface area contributed by atoms with Crippen LogP contribution >= 0.6 is 0 Å². The SMILES string of the molecule is c1ccc(C2CCN(c3ncnc4c3[nH]c3ccccc34)CC2)cc1. The number of H-pyrrole nitrogens is 1. The monoisotopic (exact) mass is 328 g/mol. The third-order valence-electron chi connectivity index (χ3n) is 5.33. The summed E-state index contributed by atoms with van der Waals surface area (Å²) >= 11 is 0. The van der Waals surface area contributed by atoms with Gasteiger partial charge < -0.3 is 9.88 Å². The fourth-order valence-corrected chi connectivity index (χ4v) is 4.02. The van der Waals surface area contributed by atoms with E-state index in [0.29, 0.717) is 5.92 Å². The summed E-state index contributed by atoms with van der Waals surface area (Å²) in [5.41, 5.74) is 4.66. The second-order valence-corrected chi connectivity index (χ2v) is 6.76. The molecule has 0 amide bonds. The lowest BCUT2D eigenvalue weighted by molar-refractivity contribution is 0.503. The molecule has 5 rings (SSSR count). The minimum Gasteiger partial charge on any atom is -0.355 e. The van der Waals surface area contributed by atoms with Crippen LogP contribution in [-0.4, -0.2) is 28.0 Å². The number of aromatic amines is 1. The van der Waals surface area contributed by atoms with Gasteiger partial charge in [-0.05, 0) is 30.4 Å². The molecule has 3 heterocycles. The highest BCUT2D eigenvalue weighted by molar-refractivity contribution is 6.08. The highest BCUT2D eigenvalue weighted by Gasteiger charge is 2.23. The van der Waals surface area contributed by atoms with Crippen molar-refractivity contribution in [2.45, 2.75) is 18.8 Å². The maximum Gasteiger partial charge on any atom is 0.156 e. The van der Waals surface area contributed by atoms with Gasteiger partial charge in [-0.1, -0.05) is 48.5 Å². The number of aromatic nitrogens is 3. The van der Waals surface area contributed by atoms with E-state index in [1.54, 1.807) is 6.33 Å². The summed E-state index contributed by atoms with van der Waals surface area (Å²) < 4.78 is 0. The maximum atomic E-state index is 4.61. The number of nitrogens with zero attached hydrogens (tertiary/aromatic N) is 3. The summed E-state index contributed by atoms with van der Waals surface area (Å²) in [4.78, 5) is 15.0. The van der Waals surface area contributed by atoms with Crippen molar-refractivity contribution in [2.24, 2.45) is 0 Å². The second-order valence-electron chi connectivity index (χ2n) is 6.76. The zero-order valence-corrected chi connectivity index (χ0v) is 14.0. The Labute approximate surface area is 146 Å². The van der Waals surface area contributed by atoms with Crippen LogP contribution < -0.4 is 4.90 Å². The number of piperidine rings is 1. The first kappa shape index (κ1) is 14.5. The smallest absolute Gasteiger partial charge is 0.156 e. The Hall–Kier alpha value is -2.88. The molecule has 1 fully saturated rings. The predicted octanol–water partition coefficient (Wildman–Crippen LogP) is 4.50. The molecular formula is C21H20N4. The molecule has 1 aliphatic heterocycles. The number of para-hydroxylation sites is 1. The van der Waals surface area contributed by atoms with E-state index < -0.39 is 0 Å². The standard InChI is InChI=1S/C21H20N4/c1-2-6-15(7-3-1)16-10-12-25(13-11-16)21-20-19(22-14-23-21)17-8-4-5-9-18(17)24-20/h1-9,14,16,24H,10-13H2. The number of anilines is 1. The van der Waals surface area contributed by atoms with Crippen LogP contribution in [0.25, 0.3) is 21.9 Å². The number of hydrogen-bond donors (Lipinski definition) is 1. The minimum atomic E-state index is 0.650. The van der Waals surface area contributed by atoms with E-state index in [-0.39, 0.29) is 0 Å². The van der Waals surface area contributed by atoms with Gasteiger partial charge in [0, 0.05) is 24.0 Å². The molecule has 0 spiro atoms. The molecule has 2 aromatic carbocycles. The number of rotatable bonds is 2. The largest absolute Gasteiger partial charge is 0.355 e. The van der Waals surface area contributed by atoms with E-state index in [9.17, 15) is 0 Å². The van der Waals surface area contributed by atoms with Gasteiger partial charge in [-0.3, -0.25) is 0 Å². The van der Waals surface area contributed by atoms with Crippen LogP contribution in [0, 0.1) is 0 Å². The Morgan fingerprint density at radius 1 is 0.880 bits per heavy atom. The van der Waals surface area contributed by atoms with Crippen LogP contribution in [-0.2, 0) is 0 Å². The van der Waals surface area contributed by atoms with Crippen LogP contribution in [0.2, 0.25) is 0 Å². The molecule has 4 aromatic rings. The van der Waals surface area contributed by atoms with Gasteiger partial charge in [-0.2, -0.15) is 0 Å². The fourth-order valence-electron chi connectivity index (χ4n) is 4.02. The second kappa shape index (κ2) is 5.88. The summed E-state index contributed by atoms with van der Waals surface area (Å²) in [5.74, 6) is 1.69. The molecule has 0 saturated carbocycles. The Kier molecular flexibility index (Phi) is 3.40. The highest BCUT2D eigenvalue weighted by Crippen LogP contribution is 2.33. The molecule has 1 N–H and O–H groups in total. The van der Waals surface area contributed by atoms with E-state index in [4.69, 9.17) is 0 Å². The van der Waals surface area contributed by atoms with Gasteiger partial charge in [0.2, 0.25) is 0 Å². The van der Waals surface area contributed by atoms with Crippen LogP contribution in [0.3, 0.4) is 0 Å². The summed E-state index contributed by atoms with van der Waals surface area (Å²) in [6.07, 6.45) is 4.02. The van der Waals surface area contributed by atoms with Crippen molar-refractivity contribution < 1.29 is 0 Å². The van der Waals surface area contributed by atoms with Crippen LogP contribution in [0.4, 0.5) is 5.82 Å². The fraction of sp³-hybridized carbons (Fsp3) is 0.238. The molecule has 0 bridgehead atoms. The highest BCUT2D eigenvalue weighted by atomic mass is 15.2. The summed E-state index contributed by atoms with van der Waals surface area (Å²) in [7, 11) is 0. The zero-order valence-electron chi connectivity index (χ0n) is 14.0. The molecule has 124 valence electrons. The van der Waals surface area contributed by atoms with Gasteiger partial charge in [-0.15, -0.1) is 0 Å². The van der Waals surface area contributed by atoms with Gasteiger partial charge >= 0.3 is 0 Å². The zero-order chi connectivity index (χ0) is 16.6. The van der Waals surface area contributed by atoms with Crippen molar-refractivity contribution in [3.05, 3.63) is 66.5 Å². The summed E-state index contributed by atoms with van der Waals surface area (Å²) in [5, 5.41) is 1.17. The van der Waals surface area contributed by atoms with Gasteiger partial charge in [0.15, 0.2) is 5.82 Å². The Morgan fingerprint density at radius 2 is 1.64 bits per heavy atom. The minimum absolute atomic E-state index is 0.650. The lowest BCUT2D eigenvalue weighted by atomic mass is 9.89. The first-order chi connectivity index (χ1) is 12.4. The van der Waals surface area contributed by atoms with E-state index in [2.05, 4.69) is 74.4 Å². The summed E-state index contributed by atoms with van der Waals surface area (Å²) in [6.45, 7) is 2.06. The van der Waals surface area contributed by atoms with Crippen molar-refractivity contribution >= 4 is 27.8 Å². The molecule has 2 aromatic heterocycles. The number of benzene rings is 2. The molecule has 4 nitrogen and oxygen atoms in total.